The lowest BCUT2D eigenvalue weighted by molar-refractivity contribution is 0.0741. The third-order valence-electron chi connectivity index (χ3n) is 4.52. The largest absolute Gasteiger partial charge is 0.350 e. The molecular formula is C18H18FN5O. The molecule has 0 unspecified atom stereocenters. The SMILES string of the molecule is Cc1nnc(N2CCN(C(=O)c3ccccc3F)CC2)c(C#N)c1C. The minimum atomic E-state index is -0.512. The number of hydrogen-bond acceptors (Lipinski definition) is 5. The van der Waals surface area contributed by atoms with E-state index in [0.717, 1.165) is 11.3 Å². The van der Waals surface area contributed by atoms with Crippen molar-refractivity contribution in [1.82, 2.24) is 15.1 Å². The van der Waals surface area contributed by atoms with E-state index >= 15 is 0 Å². The highest BCUT2D eigenvalue weighted by atomic mass is 19.1. The number of aromatic nitrogens is 2. The first kappa shape index (κ1) is 16.8. The van der Waals surface area contributed by atoms with Crippen LogP contribution < -0.4 is 4.90 Å². The van der Waals surface area contributed by atoms with Gasteiger partial charge < -0.3 is 9.80 Å². The minimum absolute atomic E-state index is 0.0830. The molecule has 2 heterocycles. The predicted octanol–water partition coefficient (Wildman–Crippen LogP) is 2.07. The van der Waals surface area contributed by atoms with Crippen molar-refractivity contribution in [3.05, 3.63) is 52.5 Å². The number of carbonyl (C=O) groups excluding carboxylic acids is 1. The smallest absolute Gasteiger partial charge is 0.256 e. The summed E-state index contributed by atoms with van der Waals surface area (Å²) in [5, 5.41) is 17.7. The molecule has 0 bridgehead atoms. The van der Waals surface area contributed by atoms with Crippen LogP contribution in [0.1, 0.15) is 27.2 Å². The molecule has 1 aromatic carbocycles. The molecule has 1 aromatic heterocycles. The third-order valence-corrected chi connectivity index (χ3v) is 4.52. The summed E-state index contributed by atoms with van der Waals surface area (Å²) in [5.41, 5.74) is 2.15. The highest BCUT2D eigenvalue weighted by Crippen LogP contribution is 2.23. The van der Waals surface area contributed by atoms with Gasteiger partial charge in [0.25, 0.3) is 5.91 Å². The average molecular weight is 339 g/mol. The summed E-state index contributed by atoms with van der Waals surface area (Å²) in [4.78, 5) is 16.0. The molecule has 0 atom stereocenters. The number of rotatable bonds is 2. The zero-order chi connectivity index (χ0) is 18.0. The number of amides is 1. The predicted molar refractivity (Wildman–Crippen MR) is 90.7 cm³/mol. The number of piperazine rings is 1. The Balaban J connectivity index is 1.75. The van der Waals surface area contributed by atoms with Crippen LogP contribution in [-0.2, 0) is 0 Å². The van der Waals surface area contributed by atoms with Gasteiger partial charge in [-0.1, -0.05) is 12.1 Å². The molecule has 0 spiro atoms. The molecule has 3 rings (SSSR count). The van der Waals surface area contributed by atoms with Crippen LogP contribution in [0.3, 0.4) is 0 Å². The Hall–Kier alpha value is -3.01. The monoisotopic (exact) mass is 339 g/mol. The van der Waals surface area contributed by atoms with Gasteiger partial charge in [0.2, 0.25) is 0 Å². The summed E-state index contributed by atoms with van der Waals surface area (Å²) in [6.45, 7) is 5.58. The molecule has 0 N–H and O–H groups in total. The third kappa shape index (κ3) is 3.15. The quantitative estimate of drug-likeness (QED) is 0.837. The summed E-state index contributed by atoms with van der Waals surface area (Å²) in [6.07, 6.45) is 0. The van der Waals surface area contributed by atoms with Crippen molar-refractivity contribution < 1.29 is 9.18 Å². The Labute approximate surface area is 145 Å². The van der Waals surface area contributed by atoms with Gasteiger partial charge in [0, 0.05) is 26.2 Å². The summed E-state index contributed by atoms with van der Waals surface area (Å²) in [6, 6.07) is 8.18. The fourth-order valence-electron chi connectivity index (χ4n) is 2.88. The first-order valence-electron chi connectivity index (χ1n) is 8.05. The molecule has 1 fully saturated rings. The number of carbonyl (C=O) groups is 1. The van der Waals surface area contributed by atoms with Crippen LogP contribution in [-0.4, -0.2) is 47.2 Å². The number of anilines is 1. The minimum Gasteiger partial charge on any atom is -0.350 e. The second-order valence-corrected chi connectivity index (χ2v) is 5.98. The zero-order valence-electron chi connectivity index (χ0n) is 14.2. The van der Waals surface area contributed by atoms with Gasteiger partial charge in [-0.15, -0.1) is 5.10 Å². The number of aryl methyl sites for hydroxylation is 1. The van der Waals surface area contributed by atoms with E-state index in [1.165, 1.54) is 12.1 Å². The molecule has 1 saturated heterocycles. The summed E-state index contributed by atoms with van der Waals surface area (Å²) in [7, 11) is 0. The molecule has 0 saturated carbocycles. The number of hydrogen-bond donors (Lipinski definition) is 0. The summed E-state index contributed by atoms with van der Waals surface area (Å²) < 4.78 is 13.8. The van der Waals surface area contributed by atoms with Gasteiger partial charge in [0.05, 0.1) is 11.3 Å². The van der Waals surface area contributed by atoms with Crippen molar-refractivity contribution in [2.24, 2.45) is 0 Å². The Morgan fingerprint density at radius 2 is 1.84 bits per heavy atom. The lowest BCUT2D eigenvalue weighted by Gasteiger charge is -2.35. The van der Waals surface area contributed by atoms with Gasteiger partial charge in [-0.05, 0) is 31.5 Å². The molecular weight excluding hydrogens is 321 g/mol. The van der Waals surface area contributed by atoms with Crippen molar-refractivity contribution in [1.29, 1.82) is 5.26 Å². The van der Waals surface area contributed by atoms with Crippen molar-refractivity contribution in [3.8, 4) is 6.07 Å². The Morgan fingerprint density at radius 1 is 1.16 bits per heavy atom. The molecule has 7 heteroatoms. The van der Waals surface area contributed by atoms with Crippen LogP contribution in [0, 0.1) is 31.0 Å². The number of nitrogens with zero attached hydrogens (tertiary/aromatic N) is 5. The van der Waals surface area contributed by atoms with E-state index in [4.69, 9.17) is 0 Å². The van der Waals surface area contributed by atoms with Gasteiger partial charge in [-0.3, -0.25) is 4.79 Å². The Morgan fingerprint density at radius 3 is 2.48 bits per heavy atom. The molecule has 6 nitrogen and oxygen atoms in total. The van der Waals surface area contributed by atoms with E-state index < -0.39 is 5.82 Å². The molecule has 1 amide bonds. The van der Waals surface area contributed by atoms with E-state index in [1.807, 2.05) is 18.7 Å². The maximum absolute atomic E-state index is 13.8. The van der Waals surface area contributed by atoms with Gasteiger partial charge in [-0.2, -0.15) is 10.4 Å². The van der Waals surface area contributed by atoms with Crippen LogP contribution in [0.5, 0.6) is 0 Å². The van der Waals surface area contributed by atoms with E-state index in [0.29, 0.717) is 37.6 Å². The number of halogens is 1. The first-order chi connectivity index (χ1) is 12.0. The van der Waals surface area contributed by atoms with E-state index in [-0.39, 0.29) is 11.5 Å². The normalized spacial score (nSPS) is 14.3. The second kappa shape index (κ2) is 6.85. The Kier molecular flexibility index (Phi) is 4.61. The second-order valence-electron chi connectivity index (χ2n) is 5.98. The standard InChI is InChI=1S/C18H18FN5O/c1-12-13(2)21-22-17(15(12)11-20)23-7-9-24(10-8-23)18(25)14-5-3-4-6-16(14)19/h3-6H,7-10H2,1-2H3. The number of nitriles is 1. The maximum atomic E-state index is 13.8. The fraction of sp³-hybridized carbons (Fsp3) is 0.333. The highest BCUT2D eigenvalue weighted by molar-refractivity contribution is 5.94. The number of benzene rings is 1. The van der Waals surface area contributed by atoms with E-state index in [1.54, 1.807) is 17.0 Å². The van der Waals surface area contributed by atoms with E-state index in [2.05, 4.69) is 16.3 Å². The zero-order valence-corrected chi connectivity index (χ0v) is 14.2. The highest BCUT2D eigenvalue weighted by Gasteiger charge is 2.26. The molecule has 2 aromatic rings. The van der Waals surface area contributed by atoms with Crippen LogP contribution in [0.2, 0.25) is 0 Å². The van der Waals surface area contributed by atoms with Crippen molar-refractivity contribution in [2.45, 2.75) is 13.8 Å². The molecule has 0 aliphatic carbocycles. The van der Waals surface area contributed by atoms with Crippen molar-refractivity contribution in [2.75, 3.05) is 31.1 Å². The van der Waals surface area contributed by atoms with Gasteiger partial charge >= 0.3 is 0 Å². The molecule has 1 aliphatic heterocycles. The summed E-state index contributed by atoms with van der Waals surface area (Å²) >= 11 is 0. The summed E-state index contributed by atoms with van der Waals surface area (Å²) in [5.74, 6) is -0.283. The van der Waals surface area contributed by atoms with Crippen molar-refractivity contribution >= 4 is 11.7 Å². The molecule has 1 aliphatic rings. The van der Waals surface area contributed by atoms with Gasteiger partial charge in [0.1, 0.15) is 17.4 Å². The van der Waals surface area contributed by atoms with Gasteiger partial charge in [-0.25, -0.2) is 4.39 Å². The van der Waals surface area contributed by atoms with Crippen LogP contribution in [0.4, 0.5) is 10.2 Å². The lowest BCUT2D eigenvalue weighted by Crippen LogP contribution is -2.49. The molecule has 0 radical (unpaired) electrons. The first-order valence-corrected chi connectivity index (χ1v) is 8.05. The average Bonchev–Trinajstić information content (AvgIpc) is 2.64. The topological polar surface area (TPSA) is 73.1 Å². The Bertz CT molecular complexity index is 853. The molecule has 25 heavy (non-hydrogen) atoms. The van der Waals surface area contributed by atoms with Crippen LogP contribution in [0.15, 0.2) is 24.3 Å². The van der Waals surface area contributed by atoms with Crippen molar-refractivity contribution in [3.63, 3.8) is 0 Å². The molecule has 128 valence electrons. The van der Waals surface area contributed by atoms with Crippen LogP contribution in [0.25, 0.3) is 0 Å². The lowest BCUT2D eigenvalue weighted by atomic mass is 10.1. The van der Waals surface area contributed by atoms with E-state index in [9.17, 15) is 14.4 Å². The maximum Gasteiger partial charge on any atom is 0.256 e. The van der Waals surface area contributed by atoms with Gasteiger partial charge in [0.15, 0.2) is 5.82 Å². The fourth-order valence-corrected chi connectivity index (χ4v) is 2.88. The van der Waals surface area contributed by atoms with Crippen LogP contribution >= 0.6 is 0 Å².